The van der Waals surface area contributed by atoms with Gasteiger partial charge in [-0.25, -0.2) is 0 Å². The summed E-state index contributed by atoms with van der Waals surface area (Å²) in [6.45, 7) is 1.61. The number of aromatic nitrogens is 2. The lowest BCUT2D eigenvalue weighted by Gasteiger charge is -2.24. The number of aliphatic hydroxyl groups is 1. The lowest BCUT2D eigenvalue weighted by atomic mass is 10.1. The lowest BCUT2D eigenvalue weighted by molar-refractivity contribution is 0.0984. The number of aliphatic hydroxyl groups excluding tert-OH is 1. The number of likely N-dealkylation sites (tertiary alicyclic amines) is 1. The molecule has 130 valence electrons. The van der Waals surface area contributed by atoms with E-state index in [0.29, 0.717) is 36.5 Å². The molecule has 0 saturated carbocycles. The standard InChI is InChI=1S/C19H21N3O3/c23-16(17-9-5-11-24-17)12-15-8-4-10-22(15)13-18-20-19(25-21-18)14-6-2-1-3-7-14/h1-3,5-7,9,11,15-16,23H,4,8,10,12-13H2. The van der Waals surface area contributed by atoms with Crippen LogP contribution in [0.2, 0.25) is 0 Å². The molecule has 0 spiro atoms. The van der Waals surface area contributed by atoms with E-state index in [0.717, 1.165) is 24.9 Å². The highest BCUT2D eigenvalue weighted by Crippen LogP contribution is 2.28. The first kappa shape index (κ1) is 16.1. The van der Waals surface area contributed by atoms with Crippen molar-refractivity contribution in [3.8, 4) is 11.5 Å². The highest BCUT2D eigenvalue weighted by atomic mass is 16.5. The van der Waals surface area contributed by atoms with Gasteiger partial charge in [0.1, 0.15) is 11.9 Å². The average Bonchev–Trinajstić information content (AvgIpc) is 3.38. The maximum atomic E-state index is 10.3. The summed E-state index contributed by atoms with van der Waals surface area (Å²) in [4.78, 5) is 6.82. The van der Waals surface area contributed by atoms with E-state index in [1.807, 2.05) is 36.4 Å². The van der Waals surface area contributed by atoms with Crippen molar-refractivity contribution in [2.45, 2.75) is 38.0 Å². The molecule has 25 heavy (non-hydrogen) atoms. The third kappa shape index (κ3) is 3.65. The van der Waals surface area contributed by atoms with Crippen LogP contribution in [0.4, 0.5) is 0 Å². The summed E-state index contributed by atoms with van der Waals surface area (Å²) < 4.78 is 10.7. The maximum Gasteiger partial charge on any atom is 0.257 e. The zero-order valence-corrected chi connectivity index (χ0v) is 13.9. The minimum absolute atomic E-state index is 0.291. The van der Waals surface area contributed by atoms with Gasteiger partial charge < -0.3 is 14.0 Å². The molecule has 2 unspecified atom stereocenters. The fraction of sp³-hybridized carbons (Fsp3) is 0.368. The van der Waals surface area contributed by atoms with Crippen LogP contribution in [-0.2, 0) is 6.54 Å². The Kier molecular flexibility index (Phi) is 4.63. The Bertz CT molecular complexity index is 785. The Morgan fingerprint density at radius 2 is 2.08 bits per heavy atom. The molecule has 2 atom stereocenters. The lowest BCUT2D eigenvalue weighted by Crippen LogP contribution is -2.30. The van der Waals surface area contributed by atoms with E-state index >= 15 is 0 Å². The Hall–Kier alpha value is -2.44. The van der Waals surface area contributed by atoms with E-state index in [1.165, 1.54) is 0 Å². The molecule has 1 saturated heterocycles. The van der Waals surface area contributed by atoms with E-state index in [-0.39, 0.29) is 0 Å². The summed E-state index contributed by atoms with van der Waals surface area (Å²) in [5.74, 6) is 1.85. The van der Waals surface area contributed by atoms with Crippen LogP contribution in [0.5, 0.6) is 0 Å². The predicted molar refractivity (Wildman–Crippen MR) is 91.5 cm³/mol. The minimum atomic E-state index is -0.578. The zero-order chi connectivity index (χ0) is 17.1. The first-order chi connectivity index (χ1) is 12.3. The van der Waals surface area contributed by atoms with Crippen molar-refractivity contribution in [3.63, 3.8) is 0 Å². The first-order valence-electron chi connectivity index (χ1n) is 8.63. The summed E-state index contributed by atoms with van der Waals surface area (Å²) in [6, 6.07) is 13.7. The topological polar surface area (TPSA) is 75.5 Å². The van der Waals surface area contributed by atoms with Crippen molar-refractivity contribution in [1.29, 1.82) is 0 Å². The molecule has 3 aromatic rings. The van der Waals surface area contributed by atoms with Crippen molar-refractivity contribution in [1.82, 2.24) is 15.0 Å². The van der Waals surface area contributed by atoms with E-state index < -0.39 is 6.10 Å². The van der Waals surface area contributed by atoms with Crippen LogP contribution >= 0.6 is 0 Å². The number of hydrogen-bond donors (Lipinski definition) is 1. The van der Waals surface area contributed by atoms with Gasteiger partial charge >= 0.3 is 0 Å². The molecule has 0 bridgehead atoms. The molecule has 1 aliphatic rings. The second kappa shape index (κ2) is 7.21. The molecule has 0 aliphatic carbocycles. The monoisotopic (exact) mass is 339 g/mol. The first-order valence-corrected chi connectivity index (χ1v) is 8.63. The quantitative estimate of drug-likeness (QED) is 0.742. The minimum Gasteiger partial charge on any atom is -0.467 e. The van der Waals surface area contributed by atoms with Gasteiger partial charge in [-0.1, -0.05) is 23.4 Å². The van der Waals surface area contributed by atoms with Gasteiger partial charge in [-0.2, -0.15) is 4.98 Å². The van der Waals surface area contributed by atoms with Crippen LogP contribution in [0.1, 0.15) is 37.0 Å². The van der Waals surface area contributed by atoms with E-state index in [4.69, 9.17) is 8.94 Å². The molecule has 6 heteroatoms. The average molecular weight is 339 g/mol. The van der Waals surface area contributed by atoms with Crippen LogP contribution in [0.3, 0.4) is 0 Å². The molecule has 3 heterocycles. The van der Waals surface area contributed by atoms with Gasteiger partial charge in [0.25, 0.3) is 5.89 Å². The fourth-order valence-corrected chi connectivity index (χ4v) is 3.42. The summed E-state index contributed by atoms with van der Waals surface area (Å²) in [7, 11) is 0. The predicted octanol–water partition coefficient (Wildman–Crippen LogP) is 3.42. The fourth-order valence-electron chi connectivity index (χ4n) is 3.42. The maximum absolute atomic E-state index is 10.3. The van der Waals surface area contributed by atoms with Crippen LogP contribution < -0.4 is 0 Å². The SMILES string of the molecule is OC(CC1CCCN1Cc1noc(-c2ccccc2)n1)c1ccco1. The van der Waals surface area contributed by atoms with Crippen LogP contribution in [0, 0.1) is 0 Å². The highest BCUT2D eigenvalue weighted by molar-refractivity contribution is 5.51. The molecule has 2 aromatic heterocycles. The largest absolute Gasteiger partial charge is 0.467 e. The molecule has 6 nitrogen and oxygen atoms in total. The van der Waals surface area contributed by atoms with E-state index in [9.17, 15) is 5.11 Å². The molecule has 1 fully saturated rings. The normalized spacial score (nSPS) is 19.3. The third-order valence-electron chi connectivity index (χ3n) is 4.70. The molecular formula is C19H21N3O3. The molecule has 4 rings (SSSR count). The van der Waals surface area contributed by atoms with E-state index in [1.54, 1.807) is 12.3 Å². The summed E-state index contributed by atoms with van der Waals surface area (Å²) in [5, 5.41) is 14.4. The van der Waals surface area contributed by atoms with Gasteiger partial charge in [0.2, 0.25) is 0 Å². The smallest absolute Gasteiger partial charge is 0.257 e. The van der Waals surface area contributed by atoms with Gasteiger partial charge in [0.15, 0.2) is 5.82 Å². The number of benzene rings is 1. The van der Waals surface area contributed by atoms with Crippen LogP contribution in [0.25, 0.3) is 11.5 Å². The van der Waals surface area contributed by atoms with Crippen LogP contribution in [-0.4, -0.2) is 32.7 Å². The molecule has 0 amide bonds. The molecule has 0 radical (unpaired) electrons. The highest BCUT2D eigenvalue weighted by Gasteiger charge is 2.29. The van der Waals surface area contributed by atoms with Crippen molar-refractivity contribution >= 4 is 0 Å². The summed E-state index contributed by atoms with van der Waals surface area (Å²) in [5.41, 5.74) is 0.924. The Balaban J connectivity index is 1.41. The van der Waals surface area contributed by atoms with Crippen molar-refractivity contribution < 1.29 is 14.0 Å². The Labute approximate surface area is 146 Å². The van der Waals surface area contributed by atoms with Gasteiger partial charge in [-0.3, -0.25) is 4.90 Å². The Morgan fingerprint density at radius 3 is 2.88 bits per heavy atom. The third-order valence-corrected chi connectivity index (χ3v) is 4.70. The van der Waals surface area contributed by atoms with Crippen molar-refractivity contribution in [2.75, 3.05) is 6.54 Å². The van der Waals surface area contributed by atoms with Gasteiger partial charge in [-0.05, 0) is 50.1 Å². The number of hydrogen-bond acceptors (Lipinski definition) is 6. The molecular weight excluding hydrogens is 318 g/mol. The number of rotatable bonds is 6. The van der Waals surface area contributed by atoms with Crippen LogP contribution in [0.15, 0.2) is 57.7 Å². The summed E-state index contributed by atoms with van der Waals surface area (Å²) in [6.07, 6.45) is 3.83. The molecule has 1 aliphatic heterocycles. The van der Waals surface area contributed by atoms with Gasteiger partial charge in [0, 0.05) is 11.6 Å². The van der Waals surface area contributed by atoms with E-state index in [2.05, 4.69) is 15.0 Å². The molecule has 1 aromatic carbocycles. The number of furan rings is 1. The van der Waals surface area contributed by atoms with Gasteiger partial charge in [-0.15, -0.1) is 0 Å². The number of nitrogens with zero attached hydrogens (tertiary/aromatic N) is 3. The second-order valence-corrected chi connectivity index (χ2v) is 6.42. The molecule has 1 N–H and O–H groups in total. The van der Waals surface area contributed by atoms with Crippen molar-refractivity contribution in [3.05, 3.63) is 60.3 Å². The summed E-state index contributed by atoms with van der Waals surface area (Å²) >= 11 is 0. The van der Waals surface area contributed by atoms with Crippen molar-refractivity contribution in [2.24, 2.45) is 0 Å². The second-order valence-electron chi connectivity index (χ2n) is 6.42. The zero-order valence-electron chi connectivity index (χ0n) is 13.9. The Morgan fingerprint density at radius 1 is 1.20 bits per heavy atom. The van der Waals surface area contributed by atoms with Gasteiger partial charge in [0.05, 0.1) is 12.8 Å².